The number of aryl methyl sites for hydroxylation is 1. The molecule has 7 heteroatoms. The van der Waals surface area contributed by atoms with Gasteiger partial charge in [0.25, 0.3) is 0 Å². The Morgan fingerprint density at radius 3 is 2.94 bits per heavy atom. The molecule has 0 amide bonds. The molecule has 0 unspecified atom stereocenters. The third-order valence-corrected chi connectivity index (χ3v) is 5.87. The maximum atomic E-state index is 10.9. The predicted octanol–water partition coefficient (Wildman–Crippen LogP) is 4.27. The van der Waals surface area contributed by atoms with E-state index in [0.717, 1.165) is 13.9 Å². The van der Waals surface area contributed by atoms with Crippen molar-refractivity contribution in [2.45, 2.75) is 17.0 Å². The van der Waals surface area contributed by atoms with Gasteiger partial charge in [0.15, 0.2) is 4.34 Å². The summed E-state index contributed by atoms with van der Waals surface area (Å²) in [6, 6.07) is 2.07. The molecule has 90 valence electrons. The third kappa shape index (κ3) is 3.31. The summed E-state index contributed by atoms with van der Waals surface area (Å²) in [5.74, 6) is -0.0844. The molecule has 2 rings (SSSR count). The Balaban J connectivity index is 2.04. The molecule has 2 aromatic heterocycles. The molecule has 3 nitrogen and oxygen atoms in total. The normalized spacial score (nSPS) is 10.7. The molecular weight excluding hydrogens is 342 g/mol. The Morgan fingerprint density at radius 1 is 1.65 bits per heavy atom. The molecule has 0 saturated carbocycles. The van der Waals surface area contributed by atoms with E-state index in [2.05, 4.69) is 32.4 Å². The second kappa shape index (κ2) is 5.51. The number of aromatic carboxylic acids is 1. The molecule has 0 saturated heterocycles. The third-order valence-electron chi connectivity index (χ3n) is 1.96. The Morgan fingerprint density at radius 2 is 2.41 bits per heavy atom. The first-order valence-electron chi connectivity index (χ1n) is 4.62. The molecular formula is C10H8BrNO2S3. The van der Waals surface area contributed by atoms with Crippen LogP contribution in [0.4, 0.5) is 0 Å². The van der Waals surface area contributed by atoms with Crippen LogP contribution >= 0.6 is 50.4 Å². The van der Waals surface area contributed by atoms with Gasteiger partial charge in [-0.15, -0.1) is 22.7 Å². The van der Waals surface area contributed by atoms with Crippen LogP contribution in [0.2, 0.25) is 0 Å². The van der Waals surface area contributed by atoms with E-state index in [0.29, 0.717) is 10.6 Å². The second-order valence-corrected chi connectivity index (χ2v) is 7.76. The largest absolute Gasteiger partial charge is 0.477 e. The number of thiazole rings is 1. The van der Waals surface area contributed by atoms with Crippen molar-refractivity contribution in [2.24, 2.45) is 0 Å². The Labute approximate surface area is 119 Å². The van der Waals surface area contributed by atoms with Crippen molar-refractivity contribution < 1.29 is 9.90 Å². The van der Waals surface area contributed by atoms with Crippen LogP contribution < -0.4 is 0 Å². The van der Waals surface area contributed by atoms with Crippen LogP contribution in [0.15, 0.2) is 19.6 Å². The fourth-order valence-corrected chi connectivity index (χ4v) is 4.47. The summed E-state index contributed by atoms with van der Waals surface area (Å²) in [5, 5.41) is 11.0. The summed E-state index contributed by atoms with van der Waals surface area (Å²) in [6.45, 7) is 1.73. The molecule has 0 aromatic carbocycles. The van der Waals surface area contributed by atoms with E-state index < -0.39 is 5.97 Å². The van der Waals surface area contributed by atoms with Crippen molar-refractivity contribution in [3.05, 3.63) is 31.4 Å². The lowest BCUT2D eigenvalue weighted by Crippen LogP contribution is -1.94. The average molecular weight is 350 g/mol. The standard InChI is InChI=1S/C10H8BrNO2S3/c1-5-8(9(13)14)17-10(12-5)16-4-6-2-7(11)15-3-6/h2-3H,4H2,1H3,(H,13,14). The van der Waals surface area contributed by atoms with Gasteiger partial charge in [0, 0.05) is 5.75 Å². The molecule has 2 aromatic rings. The van der Waals surface area contributed by atoms with E-state index in [4.69, 9.17) is 5.11 Å². The summed E-state index contributed by atoms with van der Waals surface area (Å²) in [7, 11) is 0. The van der Waals surface area contributed by atoms with Crippen LogP contribution in [0.3, 0.4) is 0 Å². The summed E-state index contributed by atoms with van der Waals surface area (Å²) in [4.78, 5) is 15.4. The van der Waals surface area contributed by atoms with Gasteiger partial charge in [-0.2, -0.15) is 0 Å². The number of hydrogen-bond donors (Lipinski definition) is 1. The molecule has 0 aliphatic carbocycles. The number of nitrogens with zero attached hydrogens (tertiary/aromatic N) is 1. The van der Waals surface area contributed by atoms with E-state index in [-0.39, 0.29) is 0 Å². The Hall–Kier alpha value is -0.370. The SMILES string of the molecule is Cc1nc(SCc2csc(Br)c2)sc1C(=O)O. The summed E-state index contributed by atoms with van der Waals surface area (Å²) in [6.07, 6.45) is 0. The van der Waals surface area contributed by atoms with Crippen molar-refractivity contribution in [1.29, 1.82) is 0 Å². The molecule has 0 atom stereocenters. The van der Waals surface area contributed by atoms with Crippen LogP contribution in [0.25, 0.3) is 0 Å². The van der Waals surface area contributed by atoms with Crippen LogP contribution in [-0.4, -0.2) is 16.1 Å². The van der Waals surface area contributed by atoms with Crippen molar-refractivity contribution in [3.8, 4) is 0 Å². The molecule has 0 aliphatic heterocycles. The smallest absolute Gasteiger partial charge is 0.347 e. The van der Waals surface area contributed by atoms with Gasteiger partial charge in [-0.1, -0.05) is 11.8 Å². The molecule has 0 aliphatic rings. The topological polar surface area (TPSA) is 50.2 Å². The lowest BCUT2D eigenvalue weighted by Gasteiger charge is -1.93. The van der Waals surface area contributed by atoms with Crippen molar-refractivity contribution >= 4 is 56.3 Å². The fourth-order valence-electron chi connectivity index (χ4n) is 1.20. The molecule has 0 fully saturated rings. The van der Waals surface area contributed by atoms with Crippen LogP contribution in [0.5, 0.6) is 0 Å². The quantitative estimate of drug-likeness (QED) is 0.837. The minimum atomic E-state index is -0.898. The molecule has 1 N–H and O–H groups in total. The van der Waals surface area contributed by atoms with Gasteiger partial charge < -0.3 is 5.11 Å². The van der Waals surface area contributed by atoms with Gasteiger partial charge in [0.1, 0.15) is 4.88 Å². The van der Waals surface area contributed by atoms with E-state index in [1.165, 1.54) is 16.9 Å². The van der Waals surface area contributed by atoms with E-state index >= 15 is 0 Å². The van der Waals surface area contributed by atoms with Crippen LogP contribution in [0, 0.1) is 6.92 Å². The lowest BCUT2D eigenvalue weighted by atomic mass is 10.4. The number of carbonyl (C=O) groups is 1. The molecule has 0 spiro atoms. The monoisotopic (exact) mass is 349 g/mol. The first-order chi connectivity index (χ1) is 8.06. The number of thioether (sulfide) groups is 1. The molecule has 0 radical (unpaired) electrons. The Bertz CT molecular complexity index is 549. The maximum Gasteiger partial charge on any atom is 0.347 e. The van der Waals surface area contributed by atoms with Gasteiger partial charge in [0.05, 0.1) is 9.48 Å². The van der Waals surface area contributed by atoms with Crippen molar-refractivity contribution in [2.75, 3.05) is 0 Å². The Kier molecular flexibility index (Phi) is 4.24. The number of carboxylic acid groups (broad SMARTS) is 1. The highest BCUT2D eigenvalue weighted by molar-refractivity contribution is 9.11. The van der Waals surface area contributed by atoms with Gasteiger partial charge in [-0.3, -0.25) is 0 Å². The highest BCUT2D eigenvalue weighted by Crippen LogP contribution is 2.31. The number of aromatic nitrogens is 1. The first-order valence-corrected chi connectivity index (χ1v) is 8.10. The lowest BCUT2D eigenvalue weighted by molar-refractivity contribution is 0.0701. The zero-order valence-electron chi connectivity index (χ0n) is 8.77. The van der Waals surface area contributed by atoms with Crippen molar-refractivity contribution in [3.63, 3.8) is 0 Å². The minimum Gasteiger partial charge on any atom is -0.477 e. The highest BCUT2D eigenvalue weighted by Gasteiger charge is 2.14. The first kappa shape index (κ1) is 13.1. The highest BCUT2D eigenvalue weighted by atomic mass is 79.9. The minimum absolute atomic E-state index is 0.332. The van der Waals surface area contributed by atoms with Gasteiger partial charge in [-0.05, 0) is 39.9 Å². The fraction of sp³-hybridized carbons (Fsp3) is 0.200. The maximum absolute atomic E-state index is 10.9. The molecule has 0 bridgehead atoms. The van der Waals surface area contributed by atoms with Gasteiger partial charge >= 0.3 is 5.97 Å². The zero-order valence-corrected chi connectivity index (χ0v) is 12.8. The van der Waals surface area contributed by atoms with Gasteiger partial charge in [-0.25, -0.2) is 9.78 Å². The summed E-state index contributed by atoms with van der Waals surface area (Å²) < 4.78 is 1.91. The number of rotatable bonds is 4. The number of halogens is 1. The van der Waals surface area contributed by atoms with Crippen molar-refractivity contribution in [1.82, 2.24) is 4.98 Å². The zero-order chi connectivity index (χ0) is 12.4. The number of thiophene rings is 1. The number of carboxylic acids is 1. The van der Waals surface area contributed by atoms with Gasteiger partial charge in [0.2, 0.25) is 0 Å². The predicted molar refractivity (Wildman–Crippen MR) is 75.4 cm³/mol. The van der Waals surface area contributed by atoms with Crippen LogP contribution in [0.1, 0.15) is 20.9 Å². The number of hydrogen-bond acceptors (Lipinski definition) is 5. The van der Waals surface area contributed by atoms with E-state index in [1.807, 2.05) is 0 Å². The average Bonchev–Trinajstić information content (AvgIpc) is 2.82. The van der Waals surface area contributed by atoms with Crippen LogP contribution in [-0.2, 0) is 5.75 Å². The molecule has 17 heavy (non-hydrogen) atoms. The summed E-state index contributed by atoms with van der Waals surface area (Å²) in [5.41, 5.74) is 1.81. The van der Waals surface area contributed by atoms with E-state index in [9.17, 15) is 4.79 Å². The molecule has 2 heterocycles. The van der Waals surface area contributed by atoms with E-state index in [1.54, 1.807) is 30.0 Å². The second-order valence-electron chi connectivity index (χ2n) is 3.25. The summed E-state index contributed by atoms with van der Waals surface area (Å²) >= 11 is 7.86.